The summed E-state index contributed by atoms with van der Waals surface area (Å²) in [6.45, 7) is 9.05. The molecule has 2 aromatic carbocycles. The van der Waals surface area contributed by atoms with E-state index in [1.807, 2.05) is 19.9 Å². The van der Waals surface area contributed by atoms with E-state index in [-0.39, 0.29) is 6.54 Å². The fraction of sp³-hybridized carbons (Fsp3) is 0.444. The van der Waals surface area contributed by atoms with E-state index in [0.717, 1.165) is 21.6 Å². The number of aryl methyl sites for hydroxylation is 2. The number of benzene rings is 2. The average molecular weight is 534 g/mol. The van der Waals surface area contributed by atoms with Gasteiger partial charge in [-0.05, 0) is 69.9 Å². The average Bonchev–Trinajstić information content (AvgIpc) is 2.80. The summed E-state index contributed by atoms with van der Waals surface area (Å²) in [5.41, 5.74) is 2.48. The second kappa shape index (κ2) is 12.9. The third-order valence-corrected chi connectivity index (χ3v) is 6.08. The van der Waals surface area contributed by atoms with Gasteiger partial charge in [0.1, 0.15) is 17.7 Å². The van der Waals surface area contributed by atoms with E-state index >= 15 is 0 Å². The van der Waals surface area contributed by atoms with E-state index < -0.39 is 48.8 Å². The Hall–Kier alpha value is -3.14. The molecule has 0 aliphatic heterocycles. The van der Waals surface area contributed by atoms with E-state index in [0.29, 0.717) is 16.3 Å². The van der Waals surface area contributed by atoms with Crippen LogP contribution in [0.2, 0.25) is 5.02 Å². The summed E-state index contributed by atoms with van der Waals surface area (Å²) < 4.78 is 5.22. The first-order valence-corrected chi connectivity index (χ1v) is 12.3. The zero-order valence-electron chi connectivity index (χ0n) is 22.1. The van der Waals surface area contributed by atoms with Crippen LogP contribution in [0.4, 0.5) is 10.5 Å². The minimum atomic E-state index is -1.41. The van der Waals surface area contributed by atoms with E-state index in [9.17, 15) is 24.6 Å². The number of aliphatic hydroxyl groups is 2. The Kier molecular flexibility index (Phi) is 10.5. The number of anilines is 1. The lowest BCUT2D eigenvalue weighted by Crippen LogP contribution is -2.54. The summed E-state index contributed by atoms with van der Waals surface area (Å²) in [4.78, 5) is 40.9. The van der Waals surface area contributed by atoms with Gasteiger partial charge in [0, 0.05) is 6.54 Å². The van der Waals surface area contributed by atoms with Gasteiger partial charge in [-0.2, -0.15) is 0 Å². The Morgan fingerprint density at radius 2 is 1.65 bits per heavy atom. The van der Waals surface area contributed by atoms with Crippen molar-refractivity contribution in [3.05, 3.63) is 63.7 Å². The third-order valence-electron chi connectivity index (χ3n) is 5.77. The Balaban J connectivity index is 2.54. The topological polar surface area (TPSA) is 128 Å². The lowest BCUT2D eigenvalue weighted by atomic mass is 9.95. The molecule has 0 saturated carbocycles. The molecule has 0 fully saturated rings. The Bertz CT molecular complexity index is 1110. The summed E-state index contributed by atoms with van der Waals surface area (Å²) >= 11 is 6.34. The molecular weight excluding hydrogens is 498 g/mol. The number of alkyl carbamates (subject to hydrolysis) is 1. The van der Waals surface area contributed by atoms with Gasteiger partial charge in [0.15, 0.2) is 0 Å². The number of aliphatic hydroxyl groups excluding tert-OH is 2. The summed E-state index contributed by atoms with van der Waals surface area (Å²) in [5.74, 6) is -1.33. The maximum atomic E-state index is 13.8. The number of amides is 3. The van der Waals surface area contributed by atoms with Crippen molar-refractivity contribution in [3.63, 3.8) is 0 Å². The Morgan fingerprint density at radius 3 is 2.22 bits per heavy atom. The van der Waals surface area contributed by atoms with E-state index in [4.69, 9.17) is 16.3 Å². The molecule has 0 spiro atoms. The molecule has 10 heteroatoms. The van der Waals surface area contributed by atoms with Gasteiger partial charge < -0.3 is 30.5 Å². The number of nitrogens with one attached hydrogen (secondary N) is 2. The number of ether oxygens (including phenoxy) is 1. The molecule has 0 saturated heterocycles. The van der Waals surface area contributed by atoms with Crippen LogP contribution in [0.5, 0.6) is 0 Å². The van der Waals surface area contributed by atoms with Crippen molar-refractivity contribution in [1.29, 1.82) is 0 Å². The van der Waals surface area contributed by atoms with Gasteiger partial charge in [-0.3, -0.25) is 9.59 Å². The van der Waals surface area contributed by atoms with Gasteiger partial charge in [0.25, 0.3) is 5.91 Å². The van der Waals surface area contributed by atoms with Crippen LogP contribution in [-0.4, -0.2) is 64.4 Å². The summed E-state index contributed by atoms with van der Waals surface area (Å²) in [6.07, 6.45) is -0.900. The number of para-hydroxylation sites is 1. The quantitative estimate of drug-likeness (QED) is 0.389. The second-order valence-electron chi connectivity index (χ2n) is 9.75. The van der Waals surface area contributed by atoms with Crippen molar-refractivity contribution < 1.29 is 29.3 Å². The van der Waals surface area contributed by atoms with Crippen LogP contribution >= 0.6 is 11.6 Å². The number of hydrogen-bond donors (Lipinski definition) is 4. The van der Waals surface area contributed by atoms with Crippen LogP contribution in [0.1, 0.15) is 49.1 Å². The molecule has 0 aromatic heterocycles. The molecule has 4 N–H and O–H groups in total. The first-order valence-electron chi connectivity index (χ1n) is 11.9. The molecule has 3 amide bonds. The molecule has 9 nitrogen and oxygen atoms in total. The molecule has 0 radical (unpaired) electrons. The predicted molar refractivity (Wildman–Crippen MR) is 143 cm³/mol. The lowest BCUT2D eigenvalue weighted by Gasteiger charge is -2.34. The van der Waals surface area contributed by atoms with E-state index in [2.05, 4.69) is 10.6 Å². The Morgan fingerprint density at radius 1 is 1.03 bits per heavy atom. The van der Waals surface area contributed by atoms with Crippen molar-refractivity contribution in [1.82, 2.24) is 10.2 Å². The molecule has 2 rings (SSSR count). The highest BCUT2D eigenvalue weighted by atomic mass is 35.5. The van der Waals surface area contributed by atoms with Gasteiger partial charge in [-0.15, -0.1) is 0 Å². The standard InChI is InChI=1S/C27H36ClN3O6/c1-16-9-7-11-19(18(16)3)23(24(34)30-22-17(2)10-8-12-20(22)28)31(13-14-32)25(35)21(15-33)29-26(36)37-27(4,5)6/h7-12,21,23,32-33H,13-15H2,1-6H3,(H,29,36)(H,30,34). The van der Waals surface area contributed by atoms with Crippen molar-refractivity contribution in [2.24, 2.45) is 0 Å². The SMILES string of the molecule is Cc1cccc(C(C(=O)Nc2c(C)cccc2Cl)N(CCO)C(=O)C(CO)NC(=O)OC(C)(C)C)c1C. The number of carbonyl (C=O) groups is 3. The smallest absolute Gasteiger partial charge is 0.408 e. The van der Waals surface area contributed by atoms with Crippen molar-refractivity contribution in [2.45, 2.75) is 59.2 Å². The van der Waals surface area contributed by atoms with Gasteiger partial charge in [-0.25, -0.2) is 4.79 Å². The second-order valence-corrected chi connectivity index (χ2v) is 10.2. The van der Waals surface area contributed by atoms with Crippen molar-refractivity contribution in [2.75, 3.05) is 25.1 Å². The monoisotopic (exact) mass is 533 g/mol. The molecular formula is C27H36ClN3O6. The summed E-state index contributed by atoms with van der Waals surface area (Å²) in [5, 5.41) is 25.3. The van der Waals surface area contributed by atoms with Crippen LogP contribution < -0.4 is 10.6 Å². The minimum absolute atomic E-state index is 0.238. The van der Waals surface area contributed by atoms with Crippen molar-refractivity contribution >= 4 is 35.2 Å². The van der Waals surface area contributed by atoms with Crippen LogP contribution in [0.15, 0.2) is 36.4 Å². The minimum Gasteiger partial charge on any atom is -0.444 e. The first-order chi connectivity index (χ1) is 17.3. The van der Waals surface area contributed by atoms with Crippen LogP contribution in [-0.2, 0) is 14.3 Å². The first kappa shape index (κ1) is 30.1. The normalized spacial score (nSPS) is 12.9. The molecule has 2 unspecified atom stereocenters. The Labute approximate surface area is 222 Å². The molecule has 2 aromatic rings. The number of hydrogen-bond acceptors (Lipinski definition) is 6. The van der Waals surface area contributed by atoms with Gasteiger partial charge in [0.2, 0.25) is 5.91 Å². The number of nitrogens with zero attached hydrogens (tertiary/aromatic N) is 1. The number of carbonyl (C=O) groups excluding carboxylic acids is 3. The zero-order chi connectivity index (χ0) is 27.9. The highest BCUT2D eigenvalue weighted by Gasteiger charge is 2.37. The van der Waals surface area contributed by atoms with Crippen molar-refractivity contribution in [3.8, 4) is 0 Å². The largest absolute Gasteiger partial charge is 0.444 e. The molecule has 2 atom stereocenters. The van der Waals surface area contributed by atoms with E-state index in [1.165, 1.54) is 0 Å². The molecule has 0 aliphatic rings. The van der Waals surface area contributed by atoms with Gasteiger partial charge in [0.05, 0.1) is 23.9 Å². The fourth-order valence-corrected chi connectivity index (χ4v) is 4.08. The van der Waals surface area contributed by atoms with Gasteiger partial charge in [-0.1, -0.05) is 41.9 Å². The molecule has 0 bridgehead atoms. The third kappa shape index (κ3) is 7.92. The predicted octanol–water partition coefficient (Wildman–Crippen LogP) is 3.65. The highest BCUT2D eigenvalue weighted by molar-refractivity contribution is 6.34. The molecule has 0 aliphatic carbocycles. The summed E-state index contributed by atoms with van der Waals surface area (Å²) in [7, 11) is 0. The summed E-state index contributed by atoms with van der Waals surface area (Å²) in [6, 6.07) is 7.93. The maximum absolute atomic E-state index is 13.8. The van der Waals surface area contributed by atoms with Gasteiger partial charge >= 0.3 is 6.09 Å². The van der Waals surface area contributed by atoms with Crippen LogP contribution in [0, 0.1) is 20.8 Å². The lowest BCUT2D eigenvalue weighted by molar-refractivity contribution is -0.142. The zero-order valence-corrected chi connectivity index (χ0v) is 22.8. The number of halogens is 1. The molecule has 37 heavy (non-hydrogen) atoms. The fourth-order valence-electron chi connectivity index (χ4n) is 3.81. The van der Waals surface area contributed by atoms with Crippen LogP contribution in [0.25, 0.3) is 0 Å². The molecule has 202 valence electrons. The molecule has 0 heterocycles. The van der Waals surface area contributed by atoms with E-state index in [1.54, 1.807) is 58.0 Å². The van der Waals surface area contributed by atoms with Crippen LogP contribution in [0.3, 0.4) is 0 Å². The number of rotatable bonds is 9. The maximum Gasteiger partial charge on any atom is 0.408 e. The highest BCUT2D eigenvalue weighted by Crippen LogP contribution is 2.31.